The molecule has 1 aliphatic rings. The van der Waals surface area contributed by atoms with Crippen LogP contribution in [-0.2, 0) is 0 Å². The fourth-order valence-electron chi connectivity index (χ4n) is 6.93. The average Bonchev–Trinajstić information content (AvgIpc) is 3.39. The van der Waals surface area contributed by atoms with E-state index in [9.17, 15) is 0 Å². The summed E-state index contributed by atoms with van der Waals surface area (Å²) in [5, 5.41) is 7.75. The van der Waals surface area contributed by atoms with E-state index in [4.69, 9.17) is 0 Å². The highest BCUT2D eigenvalue weighted by atomic mass is 14.2. The Morgan fingerprint density at radius 3 is 1.62 bits per heavy atom. The lowest BCUT2D eigenvalue weighted by Gasteiger charge is -2.11. The molecule has 0 atom stereocenters. The Bertz CT molecular complexity index is 2350. The molecular weight excluding hydrogens is 504 g/mol. The van der Waals surface area contributed by atoms with Gasteiger partial charge in [0, 0.05) is 0 Å². The Kier molecular flexibility index (Phi) is 5.00. The lowest BCUT2D eigenvalue weighted by Crippen LogP contribution is -1.85. The van der Waals surface area contributed by atoms with Gasteiger partial charge in [-0.1, -0.05) is 127 Å². The van der Waals surface area contributed by atoms with Crippen molar-refractivity contribution in [2.45, 2.75) is 0 Å². The maximum absolute atomic E-state index is 2.38. The summed E-state index contributed by atoms with van der Waals surface area (Å²) in [6, 6.07) is 58.1. The van der Waals surface area contributed by atoms with Crippen LogP contribution in [0.25, 0.3) is 88.0 Å². The Balaban J connectivity index is 1.11. The first kappa shape index (κ1) is 23.3. The summed E-state index contributed by atoms with van der Waals surface area (Å²) in [6.45, 7) is 0. The Labute approximate surface area is 245 Å². The number of fused-ring (bicyclic) bond motifs is 5. The molecule has 0 heterocycles. The van der Waals surface area contributed by atoms with Gasteiger partial charge in [-0.2, -0.15) is 0 Å². The molecule has 194 valence electrons. The molecule has 0 heteroatoms. The summed E-state index contributed by atoms with van der Waals surface area (Å²) in [4.78, 5) is 0. The fraction of sp³-hybridized carbons (Fsp3) is 0. The van der Waals surface area contributed by atoms with Crippen LogP contribution in [0.5, 0.6) is 0 Å². The molecule has 8 aromatic rings. The second-order valence-electron chi connectivity index (χ2n) is 11.4. The van der Waals surface area contributed by atoms with Crippen LogP contribution in [0, 0.1) is 0 Å². The minimum Gasteiger partial charge on any atom is -0.0616 e. The molecule has 0 spiro atoms. The molecule has 8 aromatic carbocycles. The van der Waals surface area contributed by atoms with Gasteiger partial charge in [-0.3, -0.25) is 0 Å². The SMILES string of the molecule is c1cc(-c2ccc3cc(-c4cc5c6c(cccc6c4)-c4ccccc4-5)ccc3c2)cc(-c2cccc3ccccc23)c1. The van der Waals surface area contributed by atoms with E-state index >= 15 is 0 Å². The predicted octanol–water partition coefficient (Wildman–Crippen LogP) is 11.8. The molecule has 0 saturated carbocycles. The monoisotopic (exact) mass is 530 g/mol. The van der Waals surface area contributed by atoms with E-state index in [0.717, 1.165) is 0 Å². The Hall–Kier alpha value is -5.46. The van der Waals surface area contributed by atoms with Crippen molar-refractivity contribution in [2.75, 3.05) is 0 Å². The predicted molar refractivity (Wildman–Crippen MR) is 180 cm³/mol. The van der Waals surface area contributed by atoms with Crippen molar-refractivity contribution >= 4 is 32.3 Å². The Morgan fingerprint density at radius 1 is 0.238 bits per heavy atom. The zero-order valence-corrected chi connectivity index (χ0v) is 23.0. The van der Waals surface area contributed by atoms with Gasteiger partial charge in [0.2, 0.25) is 0 Å². The van der Waals surface area contributed by atoms with Crippen molar-refractivity contribution in [3.8, 4) is 55.6 Å². The van der Waals surface area contributed by atoms with Gasteiger partial charge in [0.05, 0.1) is 0 Å². The molecular formula is C42H26. The van der Waals surface area contributed by atoms with E-state index in [2.05, 4.69) is 158 Å². The molecule has 0 aromatic heterocycles. The van der Waals surface area contributed by atoms with Gasteiger partial charge < -0.3 is 0 Å². The van der Waals surface area contributed by atoms with Crippen LogP contribution in [0.2, 0.25) is 0 Å². The van der Waals surface area contributed by atoms with Gasteiger partial charge in [0.15, 0.2) is 0 Å². The second kappa shape index (κ2) is 9.03. The van der Waals surface area contributed by atoms with E-state index in [1.165, 1.54) is 88.0 Å². The van der Waals surface area contributed by atoms with Crippen molar-refractivity contribution in [3.63, 3.8) is 0 Å². The van der Waals surface area contributed by atoms with E-state index in [1.807, 2.05) is 0 Å². The first-order chi connectivity index (χ1) is 20.8. The van der Waals surface area contributed by atoms with Crippen LogP contribution in [0.3, 0.4) is 0 Å². The molecule has 0 fully saturated rings. The van der Waals surface area contributed by atoms with E-state index in [-0.39, 0.29) is 0 Å². The van der Waals surface area contributed by atoms with E-state index < -0.39 is 0 Å². The normalized spacial score (nSPS) is 11.8. The zero-order chi connectivity index (χ0) is 27.6. The largest absolute Gasteiger partial charge is 0.0616 e. The molecule has 42 heavy (non-hydrogen) atoms. The third-order valence-electron chi connectivity index (χ3n) is 8.95. The molecule has 0 N–H and O–H groups in total. The molecule has 0 nitrogen and oxygen atoms in total. The molecule has 1 aliphatic carbocycles. The summed E-state index contributed by atoms with van der Waals surface area (Å²) in [6.07, 6.45) is 0. The highest BCUT2D eigenvalue weighted by Gasteiger charge is 2.21. The first-order valence-electron chi connectivity index (χ1n) is 14.6. The van der Waals surface area contributed by atoms with Gasteiger partial charge in [-0.15, -0.1) is 0 Å². The third-order valence-corrected chi connectivity index (χ3v) is 8.95. The van der Waals surface area contributed by atoms with Crippen LogP contribution in [0.1, 0.15) is 0 Å². The zero-order valence-electron chi connectivity index (χ0n) is 23.0. The van der Waals surface area contributed by atoms with Crippen LogP contribution >= 0.6 is 0 Å². The molecule has 0 unspecified atom stereocenters. The molecule has 0 amide bonds. The summed E-state index contributed by atoms with van der Waals surface area (Å²) in [7, 11) is 0. The van der Waals surface area contributed by atoms with Crippen LogP contribution in [-0.4, -0.2) is 0 Å². The van der Waals surface area contributed by atoms with Gasteiger partial charge in [0.25, 0.3) is 0 Å². The summed E-state index contributed by atoms with van der Waals surface area (Å²) < 4.78 is 0. The summed E-state index contributed by atoms with van der Waals surface area (Å²) in [5.41, 5.74) is 12.9. The van der Waals surface area contributed by atoms with Crippen molar-refractivity contribution in [3.05, 3.63) is 158 Å². The van der Waals surface area contributed by atoms with Crippen molar-refractivity contribution in [1.82, 2.24) is 0 Å². The topological polar surface area (TPSA) is 0 Å². The van der Waals surface area contributed by atoms with Crippen LogP contribution < -0.4 is 0 Å². The maximum Gasteiger partial charge on any atom is -0.00259 e. The van der Waals surface area contributed by atoms with Gasteiger partial charge in [0.1, 0.15) is 0 Å². The van der Waals surface area contributed by atoms with Gasteiger partial charge in [-0.25, -0.2) is 0 Å². The van der Waals surface area contributed by atoms with E-state index in [1.54, 1.807) is 0 Å². The first-order valence-corrected chi connectivity index (χ1v) is 14.6. The standard InChI is InChI=1S/C42H26/c1-2-13-36-27(8-1)9-6-16-37(36)33-11-5-10-28(24-33)29-18-19-31-23-32(21-20-30(31)22-29)35-25-34-12-7-17-40-38-14-3-4-15-39(38)41(26-35)42(34)40/h1-26H. The third kappa shape index (κ3) is 3.56. The van der Waals surface area contributed by atoms with Crippen LogP contribution in [0.4, 0.5) is 0 Å². The lowest BCUT2D eigenvalue weighted by molar-refractivity contribution is 1.61. The second-order valence-corrected chi connectivity index (χ2v) is 11.4. The highest BCUT2D eigenvalue weighted by molar-refractivity contribution is 6.16. The lowest BCUT2D eigenvalue weighted by atomic mass is 9.93. The van der Waals surface area contributed by atoms with Crippen molar-refractivity contribution in [2.24, 2.45) is 0 Å². The van der Waals surface area contributed by atoms with Crippen LogP contribution in [0.15, 0.2) is 158 Å². The van der Waals surface area contributed by atoms with Gasteiger partial charge >= 0.3 is 0 Å². The Morgan fingerprint density at radius 2 is 0.786 bits per heavy atom. The number of rotatable bonds is 3. The summed E-state index contributed by atoms with van der Waals surface area (Å²) in [5.74, 6) is 0. The number of hydrogen-bond donors (Lipinski definition) is 0. The minimum absolute atomic E-state index is 1.23. The highest BCUT2D eigenvalue weighted by Crippen LogP contribution is 2.48. The molecule has 0 bridgehead atoms. The molecule has 0 radical (unpaired) electrons. The molecule has 0 aliphatic heterocycles. The van der Waals surface area contributed by atoms with Crippen molar-refractivity contribution < 1.29 is 0 Å². The smallest absolute Gasteiger partial charge is 0.00259 e. The van der Waals surface area contributed by atoms with E-state index in [0.29, 0.717) is 0 Å². The quantitative estimate of drug-likeness (QED) is 0.213. The maximum atomic E-state index is 2.38. The molecule has 9 rings (SSSR count). The summed E-state index contributed by atoms with van der Waals surface area (Å²) >= 11 is 0. The fourth-order valence-corrected chi connectivity index (χ4v) is 6.93. The minimum atomic E-state index is 1.23. The number of benzene rings is 8. The average molecular weight is 531 g/mol. The number of hydrogen-bond acceptors (Lipinski definition) is 0. The molecule has 0 saturated heterocycles. The van der Waals surface area contributed by atoms with Gasteiger partial charge in [-0.05, 0) is 118 Å². The van der Waals surface area contributed by atoms with Crippen molar-refractivity contribution in [1.29, 1.82) is 0 Å².